The zero-order chi connectivity index (χ0) is 13.5. The van der Waals surface area contributed by atoms with E-state index in [4.69, 9.17) is 9.47 Å². The number of hydrogen-bond acceptors (Lipinski definition) is 3. The van der Waals surface area contributed by atoms with Crippen LogP contribution in [0.1, 0.15) is 40.5 Å². The van der Waals surface area contributed by atoms with Crippen LogP contribution in [-0.2, 0) is 9.47 Å². The highest BCUT2D eigenvalue weighted by Crippen LogP contribution is 2.44. The minimum Gasteiger partial charge on any atom is -0.498 e. The maximum Gasteiger partial charge on any atom is 0.410 e. The van der Waals surface area contributed by atoms with Crippen molar-refractivity contribution in [1.82, 2.24) is 4.90 Å². The summed E-state index contributed by atoms with van der Waals surface area (Å²) in [5.74, 6) is 0.403. The largest absolute Gasteiger partial charge is 0.498 e. The molecule has 4 atom stereocenters. The van der Waals surface area contributed by atoms with Crippen LogP contribution in [0.25, 0.3) is 0 Å². The summed E-state index contributed by atoms with van der Waals surface area (Å²) in [5, 5.41) is 0. The molecule has 0 radical (unpaired) electrons. The molecule has 2 bridgehead atoms. The van der Waals surface area contributed by atoms with E-state index in [0.717, 1.165) is 12.8 Å². The van der Waals surface area contributed by atoms with Gasteiger partial charge in [-0.3, -0.25) is 0 Å². The third-order valence-corrected chi connectivity index (χ3v) is 3.85. The second-order valence-electron chi connectivity index (χ2n) is 6.26. The molecule has 0 aromatic carbocycles. The number of rotatable bonds is 2. The fraction of sp³-hybridized carbons (Fsp3) is 0.786. The lowest BCUT2D eigenvalue weighted by Crippen LogP contribution is -2.49. The van der Waals surface area contributed by atoms with Crippen molar-refractivity contribution in [3.63, 3.8) is 0 Å². The zero-order valence-electron chi connectivity index (χ0n) is 11.7. The molecule has 2 aliphatic rings. The van der Waals surface area contributed by atoms with Gasteiger partial charge in [0, 0.05) is 24.4 Å². The zero-order valence-corrected chi connectivity index (χ0v) is 11.7. The molecule has 0 spiro atoms. The Hall–Kier alpha value is -1.19. The molecule has 0 unspecified atom stereocenters. The Balaban J connectivity index is 2.02. The van der Waals surface area contributed by atoms with E-state index in [1.165, 1.54) is 6.26 Å². The summed E-state index contributed by atoms with van der Waals surface area (Å²) >= 11 is 0. The van der Waals surface area contributed by atoms with Crippen molar-refractivity contribution in [2.45, 2.75) is 64.3 Å². The summed E-state index contributed by atoms with van der Waals surface area (Å²) < 4.78 is 11.0. The molecular weight excluding hydrogens is 230 g/mol. The van der Waals surface area contributed by atoms with E-state index >= 15 is 0 Å². The van der Waals surface area contributed by atoms with Gasteiger partial charge >= 0.3 is 6.09 Å². The first kappa shape index (κ1) is 13.2. The number of amides is 1. The Morgan fingerprint density at radius 1 is 1.39 bits per heavy atom. The molecule has 2 rings (SSSR count). The van der Waals surface area contributed by atoms with E-state index in [1.807, 2.05) is 25.7 Å². The fourth-order valence-electron chi connectivity index (χ4n) is 3.19. The molecule has 4 nitrogen and oxygen atoms in total. The number of fused-ring (bicyclic) bond motifs is 2. The Morgan fingerprint density at radius 2 is 2.06 bits per heavy atom. The Morgan fingerprint density at radius 3 is 2.56 bits per heavy atom. The Bertz CT molecular complexity index is 345. The van der Waals surface area contributed by atoms with E-state index < -0.39 is 5.60 Å². The van der Waals surface area contributed by atoms with Crippen LogP contribution in [0.5, 0.6) is 0 Å². The highest BCUT2D eigenvalue weighted by Gasteiger charge is 2.53. The number of carbonyl (C=O) groups excluding carboxylic acids is 1. The van der Waals surface area contributed by atoms with Crippen molar-refractivity contribution in [2.75, 3.05) is 0 Å². The van der Waals surface area contributed by atoms with Crippen LogP contribution >= 0.6 is 0 Å². The van der Waals surface area contributed by atoms with Gasteiger partial charge in [0.15, 0.2) is 0 Å². The highest BCUT2D eigenvalue weighted by atomic mass is 16.6. The lowest BCUT2D eigenvalue weighted by molar-refractivity contribution is -0.0105. The molecule has 0 aromatic rings. The molecular formula is C14H23NO3. The van der Waals surface area contributed by atoms with Crippen LogP contribution in [0, 0.1) is 5.92 Å². The molecule has 102 valence electrons. The lowest BCUT2D eigenvalue weighted by Gasteiger charge is -2.37. The molecule has 0 aromatic heterocycles. The minimum atomic E-state index is -0.435. The maximum absolute atomic E-state index is 12.2. The van der Waals surface area contributed by atoms with E-state index in [0.29, 0.717) is 5.92 Å². The average Bonchev–Trinajstić information content (AvgIpc) is 2.72. The van der Waals surface area contributed by atoms with Crippen LogP contribution in [-0.4, -0.2) is 34.8 Å². The number of hydrogen-bond donors (Lipinski definition) is 0. The summed E-state index contributed by atoms with van der Waals surface area (Å²) in [4.78, 5) is 14.1. The van der Waals surface area contributed by atoms with E-state index in [-0.39, 0.29) is 24.3 Å². The van der Waals surface area contributed by atoms with Gasteiger partial charge < -0.3 is 14.4 Å². The molecule has 1 saturated carbocycles. The van der Waals surface area contributed by atoms with Gasteiger partial charge in [0.1, 0.15) is 11.7 Å². The molecule has 0 N–H and O–H groups in total. The highest BCUT2D eigenvalue weighted by molar-refractivity contribution is 5.69. The van der Waals surface area contributed by atoms with E-state index in [9.17, 15) is 4.79 Å². The summed E-state index contributed by atoms with van der Waals surface area (Å²) in [5.41, 5.74) is -0.435. The molecule has 4 heteroatoms. The Kier molecular flexibility index (Phi) is 3.30. The minimum absolute atomic E-state index is 0.184. The third-order valence-electron chi connectivity index (χ3n) is 3.85. The van der Waals surface area contributed by atoms with Gasteiger partial charge in [-0.2, -0.15) is 0 Å². The number of ether oxygens (including phenoxy) is 2. The van der Waals surface area contributed by atoms with Crippen molar-refractivity contribution in [1.29, 1.82) is 0 Å². The van der Waals surface area contributed by atoms with Crippen molar-refractivity contribution in [2.24, 2.45) is 5.92 Å². The first-order valence-electron chi connectivity index (χ1n) is 6.61. The van der Waals surface area contributed by atoms with Gasteiger partial charge in [-0.05, 0) is 34.1 Å². The molecule has 1 amide bonds. The summed E-state index contributed by atoms with van der Waals surface area (Å²) in [6.45, 7) is 11.4. The van der Waals surface area contributed by atoms with Gasteiger partial charge in [0.05, 0.1) is 6.26 Å². The summed E-state index contributed by atoms with van der Waals surface area (Å²) in [6, 6.07) is 0.438. The van der Waals surface area contributed by atoms with Gasteiger partial charge in [0.25, 0.3) is 0 Å². The quantitative estimate of drug-likeness (QED) is 0.710. The summed E-state index contributed by atoms with van der Waals surface area (Å²) in [6.07, 6.45) is 3.43. The van der Waals surface area contributed by atoms with Crippen molar-refractivity contribution in [3.05, 3.63) is 12.8 Å². The molecule has 1 saturated heterocycles. The standard InChI is InChI=1S/C14H23NO3/c1-6-17-12-8-10-7-11(12)9(2)15(10)13(16)18-14(3,4)5/h6,9-12H,1,7-8H2,2-5H3/t9-,10+,11+,12-/m0/s1. The Labute approximate surface area is 109 Å². The predicted molar refractivity (Wildman–Crippen MR) is 69.1 cm³/mol. The van der Waals surface area contributed by atoms with Crippen LogP contribution < -0.4 is 0 Å². The monoisotopic (exact) mass is 253 g/mol. The lowest BCUT2D eigenvalue weighted by atomic mass is 9.97. The van der Waals surface area contributed by atoms with Gasteiger partial charge in [-0.15, -0.1) is 0 Å². The maximum atomic E-state index is 12.2. The first-order chi connectivity index (χ1) is 8.33. The second kappa shape index (κ2) is 4.48. The van der Waals surface area contributed by atoms with Crippen LogP contribution in [0.4, 0.5) is 4.79 Å². The van der Waals surface area contributed by atoms with Gasteiger partial charge in [-0.1, -0.05) is 6.58 Å². The number of nitrogens with zero attached hydrogens (tertiary/aromatic N) is 1. The predicted octanol–water partition coefficient (Wildman–Crippen LogP) is 2.93. The van der Waals surface area contributed by atoms with Gasteiger partial charge in [-0.25, -0.2) is 4.79 Å². The summed E-state index contributed by atoms with van der Waals surface area (Å²) in [7, 11) is 0. The normalized spacial score (nSPS) is 34.6. The van der Waals surface area contributed by atoms with E-state index in [2.05, 4.69) is 13.5 Å². The number of carbonyl (C=O) groups is 1. The third kappa shape index (κ3) is 2.33. The molecule has 1 heterocycles. The van der Waals surface area contributed by atoms with Crippen LogP contribution in [0.2, 0.25) is 0 Å². The van der Waals surface area contributed by atoms with Crippen LogP contribution in [0.3, 0.4) is 0 Å². The smallest absolute Gasteiger partial charge is 0.410 e. The van der Waals surface area contributed by atoms with Crippen molar-refractivity contribution in [3.8, 4) is 0 Å². The number of piperidine rings is 1. The second-order valence-corrected chi connectivity index (χ2v) is 6.26. The van der Waals surface area contributed by atoms with Crippen LogP contribution in [0.15, 0.2) is 12.8 Å². The van der Waals surface area contributed by atoms with Crippen molar-refractivity contribution < 1.29 is 14.3 Å². The molecule has 1 aliphatic carbocycles. The molecule has 2 fully saturated rings. The fourth-order valence-corrected chi connectivity index (χ4v) is 3.19. The molecule has 1 aliphatic heterocycles. The SMILES string of the molecule is C=CO[C@H]1C[C@H]2C[C@@H]1[C@H](C)N2C(=O)OC(C)(C)C. The van der Waals surface area contributed by atoms with Crippen molar-refractivity contribution >= 4 is 6.09 Å². The molecule has 18 heavy (non-hydrogen) atoms. The number of likely N-dealkylation sites (tertiary alicyclic amines) is 1. The van der Waals surface area contributed by atoms with E-state index in [1.54, 1.807) is 0 Å². The average molecular weight is 253 g/mol. The van der Waals surface area contributed by atoms with Gasteiger partial charge in [0.2, 0.25) is 0 Å². The topological polar surface area (TPSA) is 38.8 Å². The first-order valence-corrected chi connectivity index (χ1v) is 6.61.